The second-order valence-electron chi connectivity index (χ2n) is 4.37. The van der Waals surface area contributed by atoms with E-state index in [9.17, 15) is 4.79 Å². The smallest absolute Gasteiger partial charge is 0.250 e. The Bertz CT molecular complexity index is 585. The van der Waals surface area contributed by atoms with E-state index in [1.54, 1.807) is 25.5 Å². The highest BCUT2D eigenvalue weighted by atomic mass is 16.1. The highest BCUT2D eigenvalue weighted by Crippen LogP contribution is 2.16. The number of rotatable bonds is 4. The van der Waals surface area contributed by atoms with Gasteiger partial charge in [0, 0.05) is 38.2 Å². The monoisotopic (exact) mass is 246 g/mol. The van der Waals surface area contributed by atoms with Crippen LogP contribution in [-0.4, -0.2) is 14.1 Å². The Balaban J connectivity index is 2.35. The summed E-state index contributed by atoms with van der Waals surface area (Å²) in [5.41, 5.74) is 6.91. The first-order chi connectivity index (χ1) is 8.63. The van der Waals surface area contributed by atoms with Crippen molar-refractivity contribution in [3.63, 3.8) is 0 Å². The number of pyridine rings is 1. The SMILES string of the molecule is CCCn1ccnc1C(N)c1ccn(C)c(=O)c1. The second kappa shape index (κ2) is 5.18. The molecule has 2 heterocycles. The second-order valence-corrected chi connectivity index (χ2v) is 4.37. The molecule has 0 aromatic carbocycles. The lowest BCUT2D eigenvalue weighted by Crippen LogP contribution is -2.22. The maximum absolute atomic E-state index is 11.6. The summed E-state index contributed by atoms with van der Waals surface area (Å²) in [5.74, 6) is 0.796. The van der Waals surface area contributed by atoms with Crippen LogP contribution in [-0.2, 0) is 13.6 Å². The van der Waals surface area contributed by atoms with Crippen molar-refractivity contribution in [2.24, 2.45) is 12.8 Å². The quantitative estimate of drug-likeness (QED) is 0.876. The molecule has 0 radical (unpaired) electrons. The van der Waals surface area contributed by atoms with E-state index in [0.717, 1.165) is 24.4 Å². The summed E-state index contributed by atoms with van der Waals surface area (Å²) >= 11 is 0. The number of aryl methyl sites for hydroxylation is 2. The number of aromatic nitrogens is 3. The number of imidazole rings is 1. The van der Waals surface area contributed by atoms with Crippen molar-refractivity contribution < 1.29 is 0 Å². The molecule has 0 aliphatic heterocycles. The molecule has 2 rings (SSSR count). The van der Waals surface area contributed by atoms with Crippen LogP contribution < -0.4 is 11.3 Å². The van der Waals surface area contributed by atoms with Crippen molar-refractivity contribution in [1.82, 2.24) is 14.1 Å². The molecule has 0 aliphatic rings. The van der Waals surface area contributed by atoms with Gasteiger partial charge in [-0.15, -0.1) is 0 Å². The molecule has 96 valence electrons. The lowest BCUT2D eigenvalue weighted by atomic mass is 10.1. The third-order valence-corrected chi connectivity index (χ3v) is 2.98. The molecule has 0 saturated heterocycles. The van der Waals surface area contributed by atoms with E-state index in [0.29, 0.717) is 0 Å². The van der Waals surface area contributed by atoms with Gasteiger partial charge in [-0.05, 0) is 18.1 Å². The minimum atomic E-state index is -0.361. The zero-order valence-electron chi connectivity index (χ0n) is 10.7. The highest BCUT2D eigenvalue weighted by Gasteiger charge is 2.15. The molecule has 18 heavy (non-hydrogen) atoms. The normalized spacial score (nSPS) is 12.6. The molecule has 2 aromatic heterocycles. The van der Waals surface area contributed by atoms with Crippen LogP contribution in [0.25, 0.3) is 0 Å². The largest absolute Gasteiger partial charge is 0.333 e. The van der Waals surface area contributed by atoms with Gasteiger partial charge in [0.2, 0.25) is 0 Å². The first kappa shape index (κ1) is 12.6. The van der Waals surface area contributed by atoms with Crippen molar-refractivity contribution in [1.29, 1.82) is 0 Å². The van der Waals surface area contributed by atoms with Crippen LogP contribution in [0, 0.1) is 0 Å². The van der Waals surface area contributed by atoms with Crippen LogP contribution in [0.5, 0.6) is 0 Å². The molecule has 2 N–H and O–H groups in total. The molecular formula is C13H18N4O. The van der Waals surface area contributed by atoms with Gasteiger partial charge in [0.1, 0.15) is 5.82 Å². The van der Waals surface area contributed by atoms with Gasteiger partial charge >= 0.3 is 0 Å². The Hall–Kier alpha value is -1.88. The molecule has 0 bridgehead atoms. The number of nitrogens with two attached hydrogens (primary N) is 1. The zero-order chi connectivity index (χ0) is 13.1. The van der Waals surface area contributed by atoms with E-state index < -0.39 is 0 Å². The van der Waals surface area contributed by atoms with E-state index in [-0.39, 0.29) is 11.6 Å². The van der Waals surface area contributed by atoms with Crippen LogP contribution in [0.15, 0.2) is 35.5 Å². The standard InChI is InChI=1S/C13H18N4O/c1-3-6-17-8-5-15-13(17)12(14)10-4-7-16(2)11(18)9-10/h4-5,7-9,12H,3,6,14H2,1-2H3. The molecule has 0 amide bonds. The zero-order valence-corrected chi connectivity index (χ0v) is 10.7. The highest BCUT2D eigenvalue weighted by molar-refractivity contribution is 5.22. The number of nitrogens with zero attached hydrogens (tertiary/aromatic N) is 3. The minimum absolute atomic E-state index is 0.0588. The van der Waals surface area contributed by atoms with E-state index in [4.69, 9.17) is 5.73 Å². The molecule has 5 nitrogen and oxygen atoms in total. The van der Waals surface area contributed by atoms with Crippen molar-refractivity contribution in [3.05, 3.63) is 52.5 Å². The van der Waals surface area contributed by atoms with Crippen molar-refractivity contribution in [3.8, 4) is 0 Å². The Morgan fingerprint density at radius 3 is 2.89 bits per heavy atom. The maximum Gasteiger partial charge on any atom is 0.250 e. The number of hydrogen-bond acceptors (Lipinski definition) is 3. The van der Waals surface area contributed by atoms with Gasteiger partial charge < -0.3 is 14.9 Å². The fourth-order valence-electron chi connectivity index (χ4n) is 1.94. The van der Waals surface area contributed by atoms with E-state index in [1.807, 2.05) is 16.8 Å². The molecule has 1 atom stereocenters. The Kier molecular flexibility index (Phi) is 3.62. The van der Waals surface area contributed by atoms with Gasteiger partial charge in [0.05, 0.1) is 6.04 Å². The van der Waals surface area contributed by atoms with Crippen molar-refractivity contribution in [2.75, 3.05) is 0 Å². The predicted octanol–water partition coefficient (Wildman–Crippen LogP) is 1.04. The summed E-state index contributed by atoms with van der Waals surface area (Å²) in [5, 5.41) is 0. The fourth-order valence-corrected chi connectivity index (χ4v) is 1.94. The van der Waals surface area contributed by atoms with Gasteiger partial charge in [-0.2, -0.15) is 0 Å². The summed E-state index contributed by atoms with van der Waals surface area (Å²) in [6.07, 6.45) is 6.41. The molecule has 2 aromatic rings. The van der Waals surface area contributed by atoms with E-state index >= 15 is 0 Å². The fraction of sp³-hybridized carbons (Fsp3) is 0.385. The van der Waals surface area contributed by atoms with Gasteiger partial charge in [-0.25, -0.2) is 4.98 Å². The van der Waals surface area contributed by atoms with E-state index in [2.05, 4.69) is 11.9 Å². The summed E-state index contributed by atoms with van der Waals surface area (Å²) in [6, 6.07) is 3.06. The molecule has 1 unspecified atom stereocenters. The molecule has 0 saturated carbocycles. The summed E-state index contributed by atoms with van der Waals surface area (Å²) < 4.78 is 3.55. The average molecular weight is 246 g/mol. The molecule has 5 heteroatoms. The lowest BCUT2D eigenvalue weighted by Gasteiger charge is -2.14. The van der Waals surface area contributed by atoms with Gasteiger partial charge in [0.25, 0.3) is 5.56 Å². The van der Waals surface area contributed by atoms with Crippen LogP contribution in [0.2, 0.25) is 0 Å². The molecular weight excluding hydrogens is 228 g/mol. The maximum atomic E-state index is 11.6. The number of hydrogen-bond donors (Lipinski definition) is 1. The third-order valence-electron chi connectivity index (χ3n) is 2.98. The molecule has 0 fully saturated rings. The molecule has 0 spiro atoms. The lowest BCUT2D eigenvalue weighted by molar-refractivity contribution is 0.611. The minimum Gasteiger partial charge on any atom is -0.333 e. The van der Waals surface area contributed by atoms with Crippen LogP contribution >= 0.6 is 0 Å². The summed E-state index contributed by atoms with van der Waals surface area (Å²) in [4.78, 5) is 15.9. The van der Waals surface area contributed by atoms with Crippen molar-refractivity contribution in [2.45, 2.75) is 25.9 Å². The van der Waals surface area contributed by atoms with Crippen LogP contribution in [0.4, 0.5) is 0 Å². The Labute approximate surface area is 106 Å². The van der Waals surface area contributed by atoms with Gasteiger partial charge in [-0.3, -0.25) is 4.79 Å². The first-order valence-electron chi connectivity index (χ1n) is 6.06. The van der Waals surface area contributed by atoms with Gasteiger partial charge in [0.15, 0.2) is 0 Å². The molecule has 0 aliphatic carbocycles. The topological polar surface area (TPSA) is 65.8 Å². The van der Waals surface area contributed by atoms with Crippen molar-refractivity contribution >= 4 is 0 Å². The van der Waals surface area contributed by atoms with Gasteiger partial charge in [-0.1, -0.05) is 6.92 Å². The third kappa shape index (κ3) is 2.36. The summed E-state index contributed by atoms with van der Waals surface area (Å²) in [6.45, 7) is 2.99. The predicted molar refractivity (Wildman–Crippen MR) is 70.2 cm³/mol. The first-order valence-corrected chi connectivity index (χ1v) is 6.06. The average Bonchev–Trinajstić information content (AvgIpc) is 2.80. The Morgan fingerprint density at radius 1 is 1.44 bits per heavy atom. The van der Waals surface area contributed by atoms with Crippen LogP contribution in [0.3, 0.4) is 0 Å². The van der Waals surface area contributed by atoms with E-state index in [1.165, 1.54) is 4.57 Å². The van der Waals surface area contributed by atoms with Crippen LogP contribution in [0.1, 0.15) is 30.8 Å². The Morgan fingerprint density at radius 2 is 2.22 bits per heavy atom. The summed E-state index contributed by atoms with van der Waals surface area (Å²) in [7, 11) is 1.72.